The summed E-state index contributed by atoms with van der Waals surface area (Å²) in [6.45, 7) is 1.75. The molecule has 88 valence electrons. The van der Waals surface area contributed by atoms with Crippen LogP contribution in [0.1, 0.15) is 12.8 Å². The van der Waals surface area contributed by atoms with E-state index < -0.39 is 5.54 Å². The Bertz CT molecular complexity index is 215. The molecule has 0 aromatic heterocycles. The van der Waals surface area contributed by atoms with Crippen LogP contribution in [0.15, 0.2) is 0 Å². The van der Waals surface area contributed by atoms with Crippen LogP contribution in [0.5, 0.6) is 0 Å². The van der Waals surface area contributed by atoms with Crippen molar-refractivity contribution in [3.63, 3.8) is 0 Å². The van der Waals surface area contributed by atoms with E-state index in [0.717, 1.165) is 37.4 Å². The third-order valence-corrected chi connectivity index (χ3v) is 3.83. The molecule has 1 aliphatic rings. The molecule has 1 rings (SSSR count). The van der Waals surface area contributed by atoms with Gasteiger partial charge in [-0.3, -0.25) is 4.79 Å². The van der Waals surface area contributed by atoms with Crippen molar-refractivity contribution in [3.8, 4) is 0 Å². The molecule has 0 unspecified atom stereocenters. The molecule has 1 heterocycles. The number of nitrogens with one attached hydrogen (secondary N) is 1. The number of nitrogens with zero attached hydrogens (tertiary/aromatic N) is 1. The van der Waals surface area contributed by atoms with Gasteiger partial charge in [-0.25, -0.2) is 0 Å². The summed E-state index contributed by atoms with van der Waals surface area (Å²) >= 11 is 1.90. The molecule has 0 spiro atoms. The van der Waals surface area contributed by atoms with Gasteiger partial charge < -0.3 is 16.0 Å². The predicted molar refractivity (Wildman–Crippen MR) is 65.0 cm³/mol. The van der Waals surface area contributed by atoms with Gasteiger partial charge in [0.05, 0.1) is 5.54 Å². The summed E-state index contributed by atoms with van der Waals surface area (Å²) in [5.74, 6) is 1.86. The average molecular weight is 231 g/mol. The SMILES string of the molecule is CN(C)CCNC1(C(N)=O)CCSCC1. The lowest BCUT2D eigenvalue weighted by molar-refractivity contribution is -0.124. The summed E-state index contributed by atoms with van der Waals surface area (Å²) in [6, 6.07) is 0. The molecule has 0 bridgehead atoms. The maximum atomic E-state index is 11.5. The maximum absolute atomic E-state index is 11.5. The summed E-state index contributed by atoms with van der Waals surface area (Å²) in [7, 11) is 4.05. The standard InChI is InChI=1S/C10H21N3OS/c1-13(2)6-5-12-10(9(11)14)3-7-15-8-4-10/h12H,3-8H2,1-2H3,(H2,11,14). The normalized spacial score (nSPS) is 20.5. The Balaban J connectivity index is 2.46. The highest BCUT2D eigenvalue weighted by atomic mass is 32.2. The lowest BCUT2D eigenvalue weighted by Gasteiger charge is -2.35. The zero-order chi connectivity index (χ0) is 11.3. The summed E-state index contributed by atoms with van der Waals surface area (Å²) < 4.78 is 0. The van der Waals surface area contributed by atoms with Gasteiger partial charge >= 0.3 is 0 Å². The van der Waals surface area contributed by atoms with Crippen LogP contribution < -0.4 is 11.1 Å². The fourth-order valence-electron chi connectivity index (χ4n) is 1.75. The predicted octanol–water partition coefficient (Wildman–Crippen LogP) is -0.111. The number of likely N-dealkylation sites (N-methyl/N-ethyl adjacent to an activating group) is 1. The Morgan fingerprint density at radius 3 is 2.53 bits per heavy atom. The van der Waals surface area contributed by atoms with Crippen molar-refractivity contribution >= 4 is 17.7 Å². The van der Waals surface area contributed by atoms with Crippen molar-refractivity contribution in [1.82, 2.24) is 10.2 Å². The van der Waals surface area contributed by atoms with Crippen molar-refractivity contribution in [3.05, 3.63) is 0 Å². The Morgan fingerprint density at radius 1 is 1.47 bits per heavy atom. The molecule has 5 heteroatoms. The molecule has 3 N–H and O–H groups in total. The molecular formula is C10H21N3OS. The first-order valence-electron chi connectivity index (χ1n) is 5.34. The number of amides is 1. The van der Waals surface area contributed by atoms with E-state index in [0.29, 0.717) is 0 Å². The average Bonchev–Trinajstić information content (AvgIpc) is 2.18. The van der Waals surface area contributed by atoms with Crippen LogP contribution in [0.25, 0.3) is 0 Å². The zero-order valence-electron chi connectivity index (χ0n) is 9.58. The molecule has 0 aromatic rings. The van der Waals surface area contributed by atoms with Crippen LogP contribution in [0.2, 0.25) is 0 Å². The number of thioether (sulfide) groups is 1. The van der Waals surface area contributed by atoms with E-state index in [1.165, 1.54) is 0 Å². The van der Waals surface area contributed by atoms with Gasteiger partial charge in [-0.1, -0.05) is 0 Å². The molecule has 0 aliphatic carbocycles. The number of primary amides is 1. The fraction of sp³-hybridized carbons (Fsp3) is 0.900. The maximum Gasteiger partial charge on any atom is 0.237 e. The van der Waals surface area contributed by atoms with Gasteiger partial charge in [-0.15, -0.1) is 0 Å². The number of nitrogens with two attached hydrogens (primary N) is 1. The van der Waals surface area contributed by atoms with E-state index in [4.69, 9.17) is 5.73 Å². The molecule has 15 heavy (non-hydrogen) atoms. The second-order valence-electron chi connectivity index (χ2n) is 4.29. The number of hydrogen-bond donors (Lipinski definition) is 2. The Labute approximate surface area is 96.0 Å². The van der Waals surface area contributed by atoms with Gasteiger partial charge in [0, 0.05) is 13.1 Å². The van der Waals surface area contributed by atoms with Crippen LogP contribution in [-0.2, 0) is 4.79 Å². The minimum absolute atomic E-state index is 0.193. The molecule has 0 aromatic carbocycles. The van der Waals surface area contributed by atoms with E-state index in [1.807, 2.05) is 25.9 Å². The van der Waals surface area contributed by atoms with E-state index in [1.54, 1.807) is 0 Å². The number of carbonyl (C=O) groups excluding carboxylic acids is 1. The minimum atomic E-state index is -0.443. The quantitative estimate of drug-likeness (QED) is 0.693. The molecule has 0 saturated carbocycles. The number of carbonyl (C=O) groups is 1. The van der Waals surface area contributed by atoms with Crippen LogP contribution in [0, 0.1) is 0 Å². The fourth-order valence-corrected chi connectivity index (χ4v) is 2.94. The van der Waals surface area contributed by atoms with Gasteiger partial charge in [-0.05, 0) is 38.4 Å². The van der Waals surface area contributed by atoms with Gasteiger partial charge in [0.1, 0.15) is 0 Å². The van der Waals surface area contributed by atoms with Crippen molar-refractivity contribution in [1.29, 1.82) is 0 Å². The number of rotatable bonds is 5. The highest BCUT2D eigenvalue weighted by Crippen LogP contribution is 2.26. The zero-order valence-corrected chi connectivity index (χ0v) is 10.4. The van der Waals surface area contributed by atoms with Crippen molar-refractivity contribution in [2.24, 2.45) is 5.73 Å². The summed E-state index contributed by atoms with van der Waals surface area (Å²) in [6.07, 6.45) is 1.72. The van der Waals surface area contributed by atoms with Gasteiger partial charge in [0.2, 0.25) is 5.91 Å². The third-order valence-electron chi connectivity index (χ3n) is 2.84. The van der Waals surface area contributed by atoms with Gasteiger partial charge in [0.25, 0.3) is 0 Å². The highest BCUT2D eigenvalue weighted by Gasteiger charge is 2.37. The molecule has 0 radical (unpaired) electrons. The van der Waals surface area contributed by atoms with Crippen molar-refractivity contribution < 1.29 is 4.79 Å². The van der Waals surface area contributed by atoms with Crippen LogP contribution >= 0.6 is 11.8 Å². The van der Waals surface area contributed by atoms with E-state index in [9.17, 15) is 4.79 Å². The first-order valence-corrected chi connectivity index (χ1v) is 6.50. The lowest BCUT2D eigenvalue weighted by Crippen LogP contribution is -2.58. The molecular weight excluding hydrogens is 210 g/mol. The summed E-state index contributed by atoms with van der Waals surface area (Å²) in [5.41, 5.74) is 5.05. The second-order valence-corrected chi connectivity index (χ2v) is 5.51. The van der Waals surface area contributed by atoms with E-state index >= 15 is 0 Å². The van der Waals surface area contributed by atoms with Crippen molar-refractivity contribution in [2.45, 2.75) is 18.4 Å². The molecule has 1 aliphatic heterocycles. The second kappa shape index (κ2) is 5.72. The smallest absolute Gasteiger partial charge is 0.237 e. The Hall–Kier alpha value is -0.260. The van der Waals surface area contributed by atoms with Gasteiger partial charge in [0.15, 0.2) is 0 Å². The van der Waals surface area contributed by atoms with Crippen LogP contribution in [-0.4, -0.2) is 55.0 Å². The molecule has 1 fully saturated rings. The molecule has 0 atom stereocenters. The Kier molecular flexibility index (Phi) is 4.89. The van der Waals surface area contributed by atoms with Crippen molar-refractivity contribution in [2.75, 3.05) is 38.7 Å². The molecule has 1 amide bonds. The topological polar surface area (TPSA) is 58.4 Å². The first kappa shape index (κ1) is 12.8. The first-order chi connectivity index (χ1) is 7.07. The summed E-state index contributed by atoms with van der Waals surface area (Å²) in [4.78, 5) is 13.6. The number of hydrogen-bond acceptors (Lipinski definition) is 4. The summed E-state index contributed by atoms with van der Waals surface area (Å²) in [5, 5.41) is 3.34. The minimum Gasteiger partial charge on any atom is -0.368 e. The van der Waals surface area contributed by atoms with Crippen LogP contribution in [0.4, 0.5) is 0 Å². The molecule has 4 nitrogen and oxygen atoms in total. The van der Waals surface area contributed by atoms with Crippen LogP contribution in [0.3, 0.4) is 0 Å². The van der Waals surface area contributed by atoms with Gasteiger partial charge in [-0.2, -0.15) is 11.8 Å². The molecule has 1 saturated heterocycles. The third kappa shape index (κ3) is 3.66. The van der Waals surface area contributed by atoms with E-state index in [-0.39, 0.29) is 5.91 Å². The lowest BCUT2D eigenvalue weighted by atomic mass is 9.91. The van der Waals surface area contributed by atoms with E-state index in [2.05, 4.69) is 10.2 Å². The highest BCUT2D eigenvalue weighted by molar-refractivity contribution is 7.99. The monoisotopic (exact) mass is 231 g/mol. The largest absolute Gasteiger partial charge is 0.368 e. The Morgan fingerprint density at radius 2 is 2.07 bits per heavy atom.